The van der Waals surface area contributed by atoms with Crippen molar-refractivity contribution >= 4 is 29.3 Å². The van der Waals surface area contributed by atoms with Crippen LogP contribution in [-0.4, -0.2) is 30.9 Å². The number of esters is 1. The van der Waals surface area contributed by atoms with E-state index in [-0.39, 0.29) is 11.3 Å². The molecule has 0 radical (unpaired) electrons. The molecule has 0 aliphatic carbocycles. The van der Waals surface area contributed by atoms with Crippen molar-refractivity contribution in [1.29, 1.82) is 0 Å². The van der Waals surface area contributed by atoms with Gasteiger partial charge in [-0.2, -0.15) is 17.6 Å². The lowest BCUT2D eigenvalue weighted by Crippen LogP contribution is -2.21. The van der Waals surface area contributed by atoms with Crippen molar-refractivity contribution in [2.45, 2.75) is 17.3 Å². The minimum Gasteiger partial charge on any atom is -0.452 e. The molecule has 5 nitrogen and oxygen atoms in total. The van der Waals surface area contributed by atoms with Crippen LogP contribution in [-0.2, 0) is 9.53 Å². The van der Waals surface area contributed by atoms with E-state index < -0.39 is 30.9 Å². The van der Waals surface area contributed by atoms with Crippen LogP contribution in [0.4, 0.5) is 23.2 Å². The van der Waals surface area contributed by atoms with E-state index in [1.54, 1.807) is 0 Å². The van der Waals surface area contributed by atoms with Crippen LogP contribution in [0.15, 0.2) is 53.4 Å². The number of alkyl halides is 4. The second-order valence-electron chi connectivity index (χ2n) is 4.93. The van der Waals surface area contributed by atoms with Crippen LogP contribution in [0.5, 0.6) is 5.75 Å². The maximum Gasteiger partial charge on any atom is 0.387 e. The first-order valence-electron chi connectivity index (χ1n) is 7.40. The molecule has 0 spiro atoms. The summed E-state index contributed by atoms with van der Waals surface area (Å²) in [5.41, 5.74) is 0.274. The van der Waals surface area contributed by atoms with Crippen molar-refractivity contribution in [3.63, 3.8) is 0 Å². The number of nitrogens with one attached hydrogen (secondary N) is 1. The minimum absolute atomic E-state index is 0.0608. The Kier molecular flexibility index (Phi) is 7.47. The molecule has 0 aliphatic heterocycles. The molecule has 0 saturated carbocycles. The second-order valence-corrected chi connectivity index (χ2v) is 6.00. The van der Waals surface area contributed by atoms with Gasteiger partial charge in [0.1, 0.15) is 5.75 Å². The molecule has 0 unspecified atom stereocenters. The number of thioether (sulfide) groups is 1. The molecule has 2 aromatic rings. The van der Waals surface area contributed by atoms with Gasteiger partial charge in [0.2, 0.25) is 0 Å². The van der Waals surface area contributed by atoms with Crippen LogP contribution in [0, 0.1) is 0 Å². The highest BCUT2D eigenvalue weighted by atomic mass is 32.2. The van der Waals surface area contributed by atoms with E-state index in [0.29, 0.717) is 22.3 Å². The maximum absolute atomic E-state index is 12.2. The van der Waals surface area contributed by atoms with Gasteiger partial charge in [-0.3, -0.25) is 4.79 Å². The van der Waals surface area contributed by atoms with Crippen LogP contribution in [0.3, 0.4) is 0 Å². The lowest BCUT2D eigenvalue weighted by molar-refractivity contribution is -0.119. The number of hydrogen-bond donors (Lipinski definition) is 1. The molecule has 2 rings (SSSR count). The number of carbonyl (C=O) groups is 2. The van der Waals surface area contributed by atoms with Gasteiger partial charge in [-0.05, 0) is 42.5 Å². The number of ether oxygens (including phenoxy) is 2. The first-order chi connectivity index (χ1) is 12.8. The van der Waals surface area contributed by atoms with Gasteiger partial charge in [-0.25, -0.2) is 4.79 Å². The van der Waals surface area contributed by atoms with Crippen LogP contribution in [0.1, 0.15) is 10.4 Å². The second kappa shape index (κ2) is 9.81. The predicted molar refractivity (Wildman–Crippen MR) is 90.3 cm³/mol. The molecule has 0 aliphatic rings. The van der Waals surface area contributed by atoms with E-state index in [4.69, 9.17) is 4.74 Å². The van der Waals surface area contributed by atoms with E-state index in [1.165, 1.54) is 42.5 Å². The lowest BCUT2D eigenvalue weighted by Gasteiger charge is -2.08. The van der Waals surface area contributed by atoms with E-state index in [0.717, 1.165) is 6.07 Å². The number of hydrogen-bond acceptors (Lipinski definition) is 5. The summed E-state index contributed by atoms with van der Waals surface area (Å²) < 4.78 is 57.8. The summed E-state index contributed by atoms with van der Waals surface area (Å²) in [6, 6.07) is 10.6. The molecule has 0 aromatic heterocycles. The van der Waals surface area contributed by atoms with Crippen molar-refractivity contribution in [1.82, 2.24) is 0 Å². The van der Waals surface area contributed by atoms with Gasteiger partial charge in [0.15, 0.2) is 6.61 Å². The zero-order chi connectivity index (χ0) is 19.8. The third-order valence-electron chi connectivity index (χ3n) is 2.99. The summed E-state index contributed by atoms with van der Waals surface area (Å²) >= 11 is 0.370. The number of benzene rings is 2. The lowest BCUT2D eigenvalue weighted by atomic mass is 10.2. The summed E-state index contributed by atoms with van der Waals surface area (Å²) in [7, 11) is 0. The molecule has 27 heavy (non-hydrogen) atoms. The average Bonchev–Trinajstić information content (AvgIpc) is 2.60. The highest BCUT2D eigenvalue weighted by molar-refractivity contribution is 7.99. The fourth-order valence-electron chi connectivity index (χ4n) is 1.93. The fraction of sp³-hybridized carbons (Fsp3) is 0.176. The summed E-state index contributed by atoms with van der Waals surface area (Å²) in [5, 5.41) is 2.43. The third kappa shape index (κ3) is 7.18. The quantitative estimate of drug-likeness (QED) is 0.402. The smallest absolute Gasteiger partial charge is 0.387 e. The Morgan fingerprint density at radius 1 is 1.04 bits per heavy atom. The van der Waals surface area contributed by atoms with Crippen molar-refractivity contribution in [2.24, 2.45) is 0 Å². The summed E-state index contributed by atoms with van der Waals surface area (Å²) in [4.78, 5) is 24.0. The minimum atomic E-state index is -3.03. The Hall–Kier alpha value is -2.75. The number of anilines is 1. The first-order valence-corrected chi connectivity index (χ1v) is 8.28. The zero-order valence-corrected chi connectivity index (χ0v) is 14.4. The van der Waals surface area contributed by atoms with Gasteiger partial charge >= 0.3 is 12.6 Å². The van der Waals surface area contributed by atoms with Gasteiger partial charge in [-0.15, -0.1) is 0 Å². The normalized spacial score (nSPS) is 10.7. The Bertz CT molecular complexity index is 787. The highest BCUT2D eigenvalue weighted by Gasteiger charge is 2.13. The number of amides is 1. The van der Waals surface area contributed by atoms with Crippen LogP contribution in [0.2, 0.25) is 0 Å². The van der Waals surface area contributed by atoms with Crippen molar-refractivity contribution in [3.05, 3.63) is 54.1 Å². The number of halogens is 4. The van der Waals surface area contributed by atoms with E-state index in [2.05, 4.69) is 10.1 Å². The molecule has 0 heterocycles. The summed E-state index contributed by atoms with van der Waals surface area (Å²) in [6.07, 6.45) is 0. The fourth-order valence-corrected chi connectivity index (χ4v) is 2.43. The number of rotatable bonds is 8. The Balaban J connectivity index is 1.85. The SMILES string of the molecule is O=C(COC(=O)c1cccc(OC(F)F)c1)Nc1ccc(SC(F)F)cc1. The van der Waals surface area contributed by atoms with Gasteiger partial charge in [0.25, 0.3) is 11.7 Å². The molecule has 0 atom stereocenters. The highest BCUT2D eigenvalue weighted by Crippen LogP contribution is 2.26. The van der Waals surface area contributed by atoms with Crippen molar-refractivity contribution in [2.75, 3.05) is 11.9 Å². The van der Waals surface area contributed by atoms with Gasteiger partial charge in [0.05, 0.1) is 5.56 Å². The molecule has 1 amide bonds. The molecule has 1 N–H and O–H groups in total. The zero-order valence-electron chi connectivity index (χ0n) is 13.5. The van der Waals surface area contributed by atoms with Crippen molar-refractivity contribution < 1.29 is 36.6 Å². The average molecular weight is 403 g/mol. The molecular weight excluding hydrogens is 390 g/mol. The van der Waals surface area contributed by atoms with Gasteiger partial charge < -0.3 is 14.8 Å². The molecule has 2 aromatic carbocycles. The van der Waals surface area contributed by atoms with E-state index in [1.807, 2.05) is 0 Å². The van der Waals surface area contributed by atoms with Crippen LogP contribution in [0.25, 0.3) is 0 Å². The monoisotopic (exact) mass is 403 g/mol. The third-order valence-corrected chi connectivity index (χ3v) is 3.72. The molecule has 144 valence electrons. The van der Waals surface area contributed by atoms with Crippen LogP contribution >= 0.6 is 11.8 Å². The molecular formula is C17H13F4NO4S. The molecule has 10 heteroatoms. The molecule has 0 fully saturated rings. The summed E-state index contributed by atoms with van der Waals surface area (Å²) in [5.74, 6) is -4.31. The van der Waals surface area contributed by atoms with Crippen molar-refractivity contribution in [3.8, 4) is 5.75 Å². The largest absolute Gasteiger partial charge is 0.452 e. The Labute approximate surface area is 155 Å². The topological polar surface area (TPSA) is 64.6 Å². The first kappa shape index (κ1) is 20.6. The molecule has 0 bridgehead atoms. The van der Waals surface area contributed by atoms with Crippen LogP contribution < -0.4 is 10.1 Å². The maximum atomic E-state index is 12.2. The predicted octanol–water partition coefficient (Wildman–Crippen LogP) is 4.40. The number of carbonyl (C=O) groups excluding carboxylic acids is 2. The Morgan fingerprint density at radius 3 is 2.37 bits per heavy atom. The van der Waals surface area contributed by atoms with Gasteiger partial charge in [0, 0.05) is 10.6 Å². The standard InChI is InChI=1S/C17H13F4NO4S/c18-16(19)26-12-3-1-2-10(8-12)15(24)25-9-14(23)22-11-4-6-13(7-5-11)27-17(20)21/h1-8,16-17H,9H2,(H,22,23). The van der Waals surface area contributed by atoms with E-state index >= 15 is 0 Å². The van der Waals surface area contributed by atoms with Gasteiger partial charge in [-0.1, -0.05) is 17.8 Å². The summed E-state index contributed by atoms with van der Waals surface area (Å²) in [6.45, 7) is -3.65. The van der Waals surface area contributed by atoms with E-state index in [9.17, 15) is 27.2 Å². The molecule has 0 saturated heterocycles. The Morgan fingerprint density at radius 2 is 1.74 bits per heavy atom.